The molecule has 16 heavy (non-hydrogen) atoms. The van der Waals surface area contributed by atoms with E-state index in [9.17, 15) is 18.3 Å². The van der Waals surface area contributed by atoms with Crippen LogP contribution in [0.2, 0.25) is 0 Å². The topological polar surface area (TPSA) is 33.4 Å². The fourth-order valence-electron chi connectivity index (χ4n) is 1.53. The minimum atomic E-state index is -4.42. The number of halogens is 3. The lowest BCUT2D eigenvalue weighted by molar-refractivity contribution is -0.136. The van der Waals surface area contributed by atoms with Crippen molar-refractivity contribution < 1.29 is 22.7 Å². The molecular formula is C11H9F3O2. The van der Waals surface area contributed by atoms with Gasteiger partial charge in [0.2, 0.25) is 0 Å². The molecule has 86 valence electrons. The Balaban J connectivity index is 2.68. The number of benzene rings is 1. The van der Waals surface area contributed by atoms with E-state index in [1.54, 1.807) is 0 Å². The molecule has 1 N–H and O–H groups in total. The van der Waals surface area contributed by atoms with Crippen LogP contribution < -0.4 is 0 Å². The minimum absolute atomic E-state index is 0.0223. The molecule has 0 spiro atoms. The maximum Gasteiger partial charge on any atom is 0.417 e. The Labute approximate surface area is 89.3 Å². The molecular weight excluding hydrogens is 221 g/mol. The van der Waals surface area contributed by atoms with E-state index < -0.39 is 17.8 Å². The fourth-order valence-corrected chi connectivity index (χ4v) is 1.53. The second-order valence-electron chi connectivity index (χ2n) is 3.54. The zero-order valence-corrected chi connectivity index (χ0v) is 8.38. The van der Waals surface area contributed by atoms with E-state index in [0.717, 1.165) is 6.07 Å². The van der Waals surface area contributed by atoms with Gasteiger partial charge in [-0.1, -0.05) is 6.07 Å². The molecule has 0 aliphatic rings. The molecule has 2 rings (SSSR count). The summed E-state index contributed by atoms with van der Waals surface area (Å²) in [5, 5.41) is 9.22. The molecule has 0 aliphatic carbocycles. The summed E-state index contributed by atoms with van der Waals surface area (Å²) < 4.78 is 43.0. The number of hydrogen-bond donors (Lipinski definition) is 1. The van der Waals surface area contributed by atoms with Crippen LogP contribution in [0.1, 0.15) is 24.4 Å². The molecule has 0 aliphatic heterocycles. The molecule has 2 nitrogen and oxygen atoms in total. The molecule has 1 heterocycles. The van der Waals surface area contributed by atoms with Crippen LogP contribution in [0.3, 0.4) is 0 Å². The van der Waals surface area contributed by atoms with Gasteiger partial charge in [0.05, 0.1) is 5.56 Å². The quantitative estimate of drug-likeness (QED) is 0.813. The van der Waals surface area contributed by atoms with Crippen LogP contribution >= 0.6 is 0 Å². The van der Waals surface area contributed by atoms with Crippen LogP contribution in [0, 0.1) is 0 Å². The van der Waals surface area contributed by atoms with Crippen molar-refractivity contribution in [1.82, 2.24) is 0 Å². The summed E-state index contributed by atoms with van der Waals surface area (Å²) in [5.41, 5.74) is -0.619. The van der Waals surface area contributed by atoms with Gasteiger partial charge in [0.15, 0.2) is 0 Å². The zero-order valence-electron chi connectivity index (χ0n) is 8.38. The molecule has 0 radical (unpaired) electrons. The first kappa shape index (κ1) is 11.0. The Morgan fingerprint density at radius 2 is 2.00 bits per heavy atom. The Morgan fingerprint density at radius 3 is 2.56 bits per heavy atom. The third kappa shape index (κ3) is 1.78. The van der Waals surface area contributed by atoms with E-state index >= 15 is 0 Å². The molecule has 2 aromatic rings. The summed E-state index contributed by atoms with van der Waals surface area (Å²) in [7, 11) is 0. The molecule has 0 fully saturated rings. The van der Waals surface area contributed by atoms with E-state index in [-0.39, 0.29) is 16.7 Å². The van der Waals surface area contributed by atoms with Crippen molar-refractivity contribution in [1.29, 1.82) is 0 Å². The highest BCUT2D eigenvalue weighted by Crippen LogP contribution is 2.36. The second-order valence-corrected chi connectivity index (χ2v) is 3.54. The highest BCUT2D eigenvalue weighted by atomic mass is 19.4. The largest absolute Gasteiger partial charge is 0.458 e. The highest BCUT2D eigenvalue weighted by molar-refractivity contribution is 5.82. The third-order valence-corrected chi connectivity index (χ3v) is 2.30. The highest BCUT2D eigenvalue weighted by Gasteiger charge is 2.33. The van der Waals surface area contributed by atoms with Gasteiger partial charge in [-0.3, -0.25) is 0 Å². The zero-order chi connectivity index (χ0) is 11.9. The first-order valence-corrected chi connectivity index (χ1v) is 4.67. The summed E-state index contributed by atoms with van der Waals surface area (Å²) in [6.07, 6.45) is -5.34. The molecule has 1 aromatic carbocycles. The molecule has 5 heteroatoms. The summed E-state index contributed by atoms with van der Waals surface area (Å²) in [5.74, 6) is 0.131. The van der Waals surface area contributed by atoms with E-state index in [4.69, 9.17) is 4.42 Å². The standard InChI is InChI=1S/C11H9F3O2/c1-6(15)10-5-7-8(11(12,13)14)3-2-4-9(7)16-10/h2-6,15H,1H3. The van der Waals surface area contributed by atoms with Gasteiger partial charge in [0, 0.05) is 5.39 Å². The normalized spacial score (nSPS) is 14.3. The van der Waals surface area contributed by atoms with Crippen molar-refractivity contribution in [2.75, 3.05) is 0 Å². The number of aliphatic hydroxyl groups excluding tert-OH is 1. The lowest BCUT2D eigenvalue weighted by atomic mass is 10.1. The number of aliphatic hydroxyl groups is 1. The van der Waals surface area contributed by atoms with Crippen molar-refractivity contribution in [2.45, 2.75) is 19.2 Å². The summed E-state index contributed by atoms with van der Waals surface area (Å²) in [4.78, 5) is 0. The van der Waals surface area contributed by atoms with Gasteiger partial charge in [0.25, 0.3) is 0 Å². The monoisotopic (exact) mass is 230 g/mol. The molecule has 0 bridgehead atoms. The Kier molecular flexibility index (Phi) is 2.42. The Morgan fingerprint density at radius 1 is 1.31 bits per heavy atom. The van der Waals surface area contributed by atoms with Crippen LogP contribution in [0.4, 0.5) is 13.2 Å². The lowest BCUT2D eigenvalue weighted by Gasteiger charge is -2.06. The number of alkyl halides is 3. The average Bonchev–Trinajstić information content (AvgIpc) is 2.58. The number of fused-ring (bicyclic) bond motifs is 1. The van der Waals surface area contributed by atoms with Crippen LogP contribution in [0.15, 0.2) is 28.7 Å². The SMILES string of the molecule is CC(O)c1cc2c(C(F)(F)F)cccc2o1. The molecule has 0 saturated carbocycles. The van der Waals surface area contributed by atoms with Crippen molar-refractivity contribution in [2.24, 2.45) is 0 Å². The van der Waals surface area contributed by atoms with Crippen molar-refractivity contribution >= 4 is 11.0 Å². The molecule has 0 saturated heterocycles. The Bertz CT molecular complexity index is 511. The minimum Gasteiger partial charge on any atom is -0.458 e. The van der Waals surface area contributed by atoms with Gasteiger partial charge < -0.3 is 9.52 Å². The number of rotatable bonds is 1. The van der Waals surface area contributed by atoms with Crippen molar-refractivity contribution in [3.8, 4) is 0 Å². The van der Waals surface area contributed by atoms with Gasteiger partial charge in [-0.25, -0.2) is 0 Å². The lowest BCUT2D eigenvalue weighted by Crippen LogP contribution is -2.04. The van der Waals surface area contributed by atoms with Crippen molar-refractivity contribution in [3.05, 3.63) is 35.6 Å². The van der Waals surface area contributed by atoms with E-state index in [0.29, 0.717) is 0 Å². The summed E-state index contributed by atoms with van der Waals surface area (Å²) >= 11 is 0. The van der Waals surface area contributed by atoms with Crippen molar-refractivity contribution in [3.63, 3.8) is 0 Å². The van der Waals surface area contributed by atoms with E-state index in [1.165, 1.54) is 25.1 Å². The first-order valence-electron chi connectivity index (χ1n) is 4.67. The number of furan rings is 1. The van der Waals surface area contributed by atoms with Gasteiger partial charge in [-0.2, -0.15) is 13.2 Å². The smallest absolute Gasteiger partial charge is 0.417 e. The van der Waals surface area contributed by atoms with Gasteiger partial charge >= 0.3 is 6.18 Å². The maximum atomic E-state index is 12.6. The van der Waals surface area contributed by atoms with Crippen LogP contribution in [-0.2, 0) is 6.18 Å². The summed E-state index contributed by atoms with van der Waals surface area (Å²) in [6.45, 7) is 1.44. The van der Waals surface area contributed by atoms with Crippen LogP contribution in [0.25, 0.3) is 11.0 Å². The maximum absolute atomic E-state index is 12.6. The first-order chi connectivity index (χ1) is 7.39. The Hall–Kier alpha value is -1.49. The predicted octanol–water partition coefficient (Wildman–Crippen LogP) is 3.50. The fraction of sp³-hybridized carbons (Fsp3) is 0.273. The average molecular weight is 230 g/mol. The van der Waals surface area contributed by atoms with Crippen LogP contribution in [-0.4, -0.2) is 5.11 Å². The molecule has 0 amide bonds. The van der Waals surface area contributed by atoms with Crippen LogP contribution in [0.5, 0.6) is 0 Å². The van der Waals surface area contributed by atoms with Gasteiger partial charge in [-0.05, 0) is 25.1 Å². The molecule has 1 atom stereocenters. The summed E-state index contributed by atoms with van der Waals surface area (Å²) in [6, 6.07) is 4.93. The molecule has 1 aromatic heterocycles. The van der Waals surface area contributed by atoms with E-state index in [2.05, 4.69) is 0 Å². The van der Waals surface area contributed by atoms with E-state index in [1.807, 2.05) is 0 Å². The number of hydrogen-bond acceptors (Lipinski definition) is 2. The second kappa shape index (κ2) is 3.52. The third-order valence-electron chi connectivity index (χ3n) is 2.30. The predicted molar refractivity (Wildman–Crippen MR) is 51.8 cm³/mol. The van der Waals surface area contributed by atoms with Gasteiger partial charge in [-0.15, -0.1) is 0 Å². The molecule has 1 unspecified atom stereocenters. The van der Waals surface area contributed by atoms with Gasteiger partial charge in [0.1, 0.15) is 17.4 Å².